The lowest BCUT2D eigenvalue weighted by Gasteiger charge is -2.31. The molecule has 3 aromatic carbocycles. The number of halogens is 2. The molecule has 10 nitrogen and oxygen atoms in total. The SMILES string of the molecule is Cc1ccc(C(=O)Nc2ccc(C#N)cc2)cc1-c1nc(NCCN(C)C)nc2c1CNC(=O)N2c1c(F)cccc1F. The van der Waals surface area contributed by atoms with Crippen LogP contribution in [0.5, 0.6) is 0 Å². The van der Waals surface area contributed by atoms with Gasteiger partial charge in [-0.15, -0.1) is 0 Å². The fourth-order valence-corrected chi connectivity index (χ4v) is 4.61. The number of hydrogen-bond acceptors (Lipinski definition) is 7. The van der Waals surface area contributed by atoms with Crippen molar-refractivity contribution in [3.8, 4) is 17.3 Å². The average Bonchev–Trinajstić information content (AvgIpc) is 2.98. The molecule has 0 atom stereocenters. The number of urea groups is 1. The summed E-state index contributed by atoms with van der Waals surface area (Å²) in [6, 6.07) is 16.2. The second kappa shape index (κ2) is 12.2. The van der Waals surface area contributed by atoms with Crippen LogP contribution in [0.3, 0.4) is 0 Å². The number of rotatable bonds is 8. The number of fused-ring (bicyclic) bond motifs is 1. The van der Waals surface area contributed by atoms with Crippen LogP contribution in [-0.4, -0.2) is 54.0 Å². The quantitative estimate of drug-likeness (QED) is 0.261. The third kappa shape index (κ3) is 6.12. The molecule has 3 N–H and O–H groups in total. The van der Waals surface area contributed by atoms with Gasteiger partial charge in [0.15, 0.2) is 5.82 Å². The molecule has 43 heavy (non-hydrogen) atoms. The second-order valence-corrected chi connectivity index (χ2v) is 10.2. The molecule has 2 heterocycles. The molecular weight excluding hydrogens is 554 g/mol. The molecule has 5 rings (SSSR count). The molecule has 1 aliphatic heterocycles. The van der Waals surface area contributed by atoms with E-state index < -0.39 is 23.4 Å². The zero-order valence-electron chi connectivity index (χ0n) is 23.7. The molecule has 4 aromatic rings. The second-order valence-electron chi connectivity index (χ2n) is 10.2. The fraction of sp³-hybridized carbons (Fsp3) is 0.194. The zero-order chi connectivity index (χ0) is 30.7. The molecule has 1 aromatic heterocycles. The van der Waals surface area contributed by atoms with E-state index in [4.69, 9.17) is 10.2 Å². The first-order valence-corrected chi connectivity index (χ1v) is 13.4. The Bertz CT molecular complexity index is 1730. The van der Waals surface area contributed by atoms with Crippen LogP contribution < -0.4 is 20.9 Å². The summed E-state index contributed by atoms with van der Waals surface area (Å²) in [5.74, 6) is -2.07. The molecule has 0 saturated carbocycles. The highest BCUT2D eigenvalue weighted by molar-refractivity contribution is 6.06. The molecule has 0 spiro atoms. The molecule has 12 heteroatoms. The summed E-state index contributed by atoms with van der Waals surface area (Å²) in [6.07, 6.45) is 0. The van der Waals surface area contributed by atoms with Crippen LogP contribution in [0.25, 0.3) is 11.3 Å². The number of benzene rings is 3. The van der Waals surface area contributed by atoms with Crippen molar-refractivity contribution in [2.24, 2.45) is 0 Å². The smallest absolute Gasteiger partial charge is 0.328 e. The van der Waals surface area contributed by atoms with Crippen LogP contribution in [0.15, 0.2) is 60.7 Å². The molecule has 0 fully saturated rings. The Hall–Kier alpha value is -5.41. The maximum Gasteiger partial charge on any atom is 0.328 e. The number of nitrogens with one attached hydrogen (secondary N) is 3. The summed E-state index contributed by atoms with van der Waals surface area (Å²) < 4.78 is 29.9. The molecule has 218 valence electrons. The predicted molar refractivity (Wildman–Crippen MR) is 159 cm³/mol. The largest absolute Gasteiger partial charge is 0.353 e. The van der Waals surface area contributed by atoms with Gasteiger partial charge in [-0.3, -0.25) is 4.79 Å². The summed E-state index contributed by atoms with van der Waals surface area (Å²) >= 11 is 0. The van der Waals surface area contributed by atoms with E-state index >= 15 is 0 Å². The minimum atomic E-state index is -0.928. The molecule has 0 unspecified atom stereocenters. The summed E-state index contributed by atoms with van der Waals surface area (Å²) in [5.41, 5.74) is 2.92. The Balaban J connectivity index is 1.61. The van der Waals surface area contributed by atoms with Crippen molar-refractivity contribution in [2.45, 2.75) is 13.5 Å². The van der Waals surface area contributed by atoms with Gasteiger partial charge in [0.05, 0.1) is 23.9 Å². The number of anilines is 4. The molecule has 1 aliphatic rings. The van der Waals surface area contributed by atoms with E-state index in [0.717, 1.165) is 22.6 Å². The molecule has 0 radical (unpaired) electrons. The number of aryl methyl sites for hydroxylation is 1. The Morgan fingerprint density at radius 2 is 1.81 bits per heavy atom. The van der Waals surface area contributed by atoms with Crippen molar-refractivity contribution in [2.75, 3.05) is 42.7 Å². The van der Waals surface area contributed by atoms with Crippen LogP contribution in [0.1, 0.15) is 27.0 Å². The van der Waals surface area contributed by atoms with Gasteiger partial charge in [-0.25, -0.2) is 23.5 Å². The molecular formula is C31H28F2N8O2. The fourth-order valence-electron chi connectivity index (χ4n) is 4.61. The number of likely N-dealkylation sites (N-methyl/N-ethyl adjacent to an activating group) is 1. The Kier molecular flexibility index (Phi) is 8.27. The third-order valence-corrected chi connectivity index (χ3v) is 6.85. The number of hydrogen-bond donors (Lipinski definition) is 3. The van der Waals surface area contributed by atoms with E-state index in [1.54, 1.807) is 42.5 Å². The topological polar surface area (TPSA) is 126 Å². The van der Waals surface area contributed by atoms with Crippen LogP contribution in [0.2, 0.25) is 0 Å². The number of carbonyl (C=O) groups excluding carboxylic acids is 2. The number of carbonyl (C=O) groups is 2. The van der Waals surface area contributed by atoms with E-state index in [1.165, 1.54) is 6.07 Å². The summed E-state index contributed by atoms with van der Waals surface area (Å²) in [6.45, 7) is 2.94. The summed E-state index contributed by atoms with van der Waals surface area (Å²) in [7, 11) is 3.82. The summed E-state index contributed by atoms with van der Waals surface area (Å²) in [4.78, 5) is 38.4. The number of aromatic nitrogens is 2. The van der Waals surface area contributed by atoms with Gasteiger partial charge in [-0.1, -0.05) is 12.1 Å². The first kappa shape index (κ1) is 29.1. The lowest BCUT2D eigenvalue weighted by molar-refractivity contribution is 0.102. The van der Waals surface area contributed by atoms with Crippen molar-refractivity contribution < 1.29 is 18.4 Å². The number of amides is 3. The van der Waals surface area contributed by atoms with Gasteiger partial charge in [0.1, 0.15) is 17.3 Å². The van der Waals surface area contributed by atoms with E-state index in [9.17, 15) is 18.4 Å². The first-order chi connectivity index (χ1) is 20.7. The predicted octanol–water partition coefficient (Wildman–Crippen LogP) is 5.19. The highest BCUT2D eigenvalue weighted by Gasteiger charge is 2.34. The normalized spacial score (nSPS) is 12.4. The number of nitrogens with zero attached hydrogens (tertiary/aromatic N) is 5. The lowest BCUT2D eigenvalue weighted by atomic mass is 9.97. The van der Waals surface area contributed by atoms with Gasteiger partial charge in [0, 0.05) is 35.5 Å². The van der Waals surface area contributed by atoms with Gasteiger partial charge in [0.25, 0.3) is 5.91 Å². The minimum Gasteiger partial charge on any atom is -0.353 e. The number of nitriles is 1. The monoisotopic (exact) mass is 582 g/mol. The highest BCUT2D eigenvalue weighted by atomic mass is 19.1. The van der Waals surface area contributed by atoms with Gasteiger partial charge in [-0.05, 0) is 75.1 Å². The van der Waals surface area contributed by atoms with Crippen molar-refractivity contribution in [1.29, 1.82) is 5.26 Å². The van der Waals surface area contributed by atoms with E-state index in [2.05, 4.69) is 20.9 Å². The Labute approximate surface area is 247 Å². The highest BCUT2D eigenvalue weighted by Crippen LogP contribution is 2.39. The first-order valence-electron chi connectivity index (χ1n) is 13.4. The Morgan fingerprint density at radius 3 is 2.49 bits per heavy atom. The van der Waals surface area contributed by atoms with Gasteiger partial charge < -0.3 is 20.9 Å². The van der Waals surface area contributed by atoms with Crippen LogP contribution in [0, 0.1) is 29.9 Å². The minimum absolute atomic E-state index is 0.00481. The maximum absolute atomic E-state index is 15.0. The lowest BCUT2D eigenvalue weighted by Crippen LogP contribution is -2.43. The molecule has 0 aliphatic carbocycles. The van der Waals surface area contributed by atoms with E-state index in [0.29, 0.717) is 46.7 Å². The summed E-state index contributed by atoms with van der Waals surface area (Å²) in [5, 5.41) is 17.7. The van der Waals surface area contributed by atoms with E-state index in [-0.39, 0.29) is 24.2 Å². The van der Waals surface area contributed by atoms with Crippen molar-refractivity contribution in [3.05, 3.63) is 94.6 Å². The van der Waals surface area contributed by atoms with E-state index in [1.807, 2.05) is 32.0 Å². The third-order valence-electron chi connectivity index (χ3n) is 6.85. The van der Waals surface area contributed by atoms with Gasteiger partial charge >= 0.3 is 6.03 Å². The Morgan fingerprint density at radius 1 is 1.09 bits per heavy atom. The van der Waals surface area contributed by atoms with Gasteiger partial charge in [-0.2, -0.15) is 10.2 Å². The average molecular weight is 583 g/mol. The zero-order valence-corrected chi connectivity index (χ0v) is 23.7. The molecule has 0 saturated heterocycles. The van der Waals surface area contributed by atoms with Crippen molar-refractivity contribution in [3.63, 3.8) is 0 Å². The molecule has 0 bridgehead atoms. The van der Waals surface area contributed by atoms with Crippen molar-refractivity contribution in [1.82, 2.24) is 20.2 Å². The van der Waals surface area contributed by atoms with Gasteiger partial charge in [0.2, 0.25) is 5.95 Å². The molecule has 3 amide bonds. The number of para-hydroxylation sites is 1. The van der Waals surface area contributed by atoms with Crippen LogP contribution >= 0.6 is 0 Å². The standard InChI is InChI=1S/C31H28F2N8O2/c1-18-7-10-20(29(42)37-21-11-8-19(16-34)9-12-21)15-22(18)26-23-17-36-31(43)41(27-24(32)5-4-6-25(27)33)28(23)39-30(38-26)35-13-14-40(2)3/h4-12,15H,13-14,17H2,1-3H3,(H,36,43)(H,37,42)(H,35,38,39). The van der Waals surface area contributed by atoms with Crippen LogP contribution in [0.4, 0.5) is 36.7 Å². The van der Waals surface area contributed by atoms with Crippen LogP contribution in [-0.2, 0) is 6.54 Å². The maximum atomic E-state index is 15.0. The van der Waals surface area contributed by atoms with Crippen molar-refractivity contribution >= 4 is 35.1 Å².